The summed E-state index contributed by atoms with van der Waals surface area (Å²) < 4.78 is 26.3. The number of pyridine rings is 1. The first-order valence-electron chi connectivity index (χ1n) is 11.6. The van der Waals surface area contributed by atoms with Crippen molar-refractivity contribution in [2.24, 2.45) is 0 Å². The van der Waals surface area contributed by atoms with Crippen molar-refractivity contribution in [3.05, 3.63) is 81.7 Å². The summed E-state index contributed by atoms with van der Waals surface area (Å²) in [6.07, 6.45) is 2.11. The van der Waals surface area contributed by atoms with Gasteiger partial charge in [0.15, 0.2) is 5.82 Å². The highest BCUT2D eigenvalue weighted by atomic mass is 19.1. The van der Waals surface area contributed by atoms with Gasteiger partial charge in [0.2, 0.25) is 0 Å². The van der Waals surface area contributed by atoms with Crippen LogP contribution >= 0.6 is 0 Å². The van der Waals surface area contributed by atoms with E-state index in [2.05, 4.69) is 25.4 Å². The molecule has 1 atom stereocenters. The number of aromatic amines is 1. The zero-order chi connectivity index (χ0) is 24.2. The van der Waals surface area contributed by atoms with Crippen LogP contribution in [0.5, 0.6) is 5.75 Å². The van der Waals surface area contributed by atoms with Crippen LogP contribution in [0, 0.1) is 5.82 Å². The number of benzene rings is 2. The van der Waals surface area contributed by atoms with Gasteiger partial charge in [-0.05, 0) is 65.2 Å². The predicted molar refractivity (Wildman–Crippen MR) is 127 cm³/mol. The van der Waals surface area contributed by atoms with Crippen molar-refractivity contribution < 1.29 is 13.9 Å². The van der Waals surface area contributed by atoms with Gasteiger partial charge in [-0.3, -0.25) is 9.69 Å². The summed E-state index contributed by atoms with van der Waals surface area (Å²) in [6.45, 7) is 2.60. The number of H-pyrrole nitrogens is 1. The standard InChI is InChI=1S/C25H27FN6O3/c1-34-21-8-9-23-18(12-21)11-19(25(33)27-23)14-31(13-17-4-6-20(26)7-5-17)16-24-28-29-30-32(24)15-22-3-2-10-35-22/h4-9,11-12,22H,2-3,10,13-16H2,1H3,(H,27,33). The fraction of sp³-hybridized carbons (Fsp3) is 0.360. The number of rotatable bonds is 9. The predicted octanol–water partition coefficient (Wildman–Crippen LogP) is 3.04. The third-order valence-corrected chi connectivity index (χ3v) is 6.21. The lowest BCUT2D eigenvalue weighted by Gasteiger charge is -2.22. The zero-order valence-corrected chi connectivity index (χ0v) is 19.5. The third-order valence-electron chi connectivity index (χ3n) is 6.21. The van der Waals surface area contributed by atoms with Crippen molar-refractivity contribution in [3.8, 4) is 5.75 Å². The Kier molecular flexibility index (Phi) is 6.82. The second kappa shape index (κ2) is 10.3. The van der Waals surface area contributed by atoms with Gasteiger partial charge in [-0.1, -0.05) is 12.1 Å². The second-order valence-corrected chi connectivity index (χ2v) is 8.76. The van der Waals surface area contributed by atoms with Gasteiger partial charge < -0.3 is 14.5 Å². The molecule has 0 spiro atoms. The van der Waals surface area contributed by atoms with Crippen molar-refractivity contribution in [2.75, 3.05) is 13.7 Å². The summed E-state index contributed by atoms with van der Waals surface area (Å²) in [5, 5.41) is 13.1. The number of hydrogen-bond acceptors (Lipinski definition) is 7. The molecule has 0 bridgehead atoms. The summed E-state index contributed by atoms with van der Waals surface area (Å²) in [6, 6.07) is 13.8. The maximum atomic E-state index is 13.5. The quantitative estimate of drug-likeness (QED) is 0.395. The first-order valence-corrected chi connectivity index (χ1v) is 11.6. The first kappa shape index (κ1) is 23.1. The minimum atomic E-state index is -0.291. The van der Waals surface area contributed by atoms with E-state index < -0.39 is 0 Å². The molecule has 4 aromatic rings. The Labute approximate surface area is 201 Å². The number of halogens is 1. The number of nitrogens with zero attached hydrogens (tertiary/aromatic N) is 5. The first-order chi connectivity index (χ1) is 17.1. The minimum Gasteiger partial charge on any atom is -0.497 e. The molecule has 10 heteroatoms. The number of methoxy groups -OCH3 is 1. The van der Waals surface area contributed by atoms with Crippen LogP contribution in [0.1, 0.15) is 29.8 Å². The summed E-state index contributed by atoms with van der Waals surface area (Å²) in [5.74, 6) is 1.11. The van der Waals surface area contributed by atoms with Gasteiger partial charge in [-0.15, -0.1) is 5.10 Å². The number of hydrogen-bond donors (Lipinski definition) is 1. The van der Waals surface area contributed by atoms with Crippen LogP contribution in [-0.2, 0) is 30.9 Å². The molecule has 3 heterocycles. The summed E-state index contributed by atoms with van der Waals surface area (Å²) in [4.78, 5) is 17.9. The number of fused-ring (bicyclic) bond motifs is 1. The third kappa shape index (κ3) is 5.55. The Morgan fingerprint density at radius 3 is 2.80 bits per heavy atom. The Hall–Kier alpha value is -3.63. The molecule has 1 aliphatic rings. The van der Waals surface area contributed by atoms with E-state index in [1.165, 1.54) is 12.1 Å². The largest absolute Gasteiger partial charge is 0.497 e. The van der Waals surface area contributed by atoms with E-state index in [4.69, 9.17) is 9.47 Å². The number of ether oxygens (including phenoxy) is 2. The molecule has 2 aromatic heterocycles. The molecule has 35 heavy (non-hydrogen) atoms. The van der Waals surface area contributed by atoms with Gasteiger partial charge in [0.05, 0.1) is 26.3 Å². The Morgan fingerprint density at radius 2 is 2.03 bits per heavy atom. The highest BCUT2D eigenvalue weighted by Gasteiger charge is 2.21. The lowest BCUT2D eigenvalue weighted by atomic mass is 10.1. The smallest absolute Gasteiger partial charge is 0.252 e. The van der Waals surface area contributed by atoms with Crippen LogP contribution in [0.25, 0.3) is 10.9 Å². The van der Waals surface area contributed by atoms with Crippen molar-refractivity contribution >= 4 is 10.9 Å². The molecule has 1 fully saturated rings. The van der Waals surface area contributed by atoms with Crippen LogP contribution in [0.3, 0.4) is 0 Å². The van der Waals surface area contributed by atoms with E-state index >= 15 is 0 Å². The van der Waals surface area contributed by atoms with Crippen LogP contribution in [0.2, 0.25) is 0 Å². The second-order valence-electron chi connectivity index (χ2n) is 8.76. The Bertz CT molecular complexity index is 1350. The molecule has 1 saturated heterocycles. The van der Waals surface area contributed by atoms with Crippen LogP contribution < -0.4 is 10.3 Å². The minimum absolute atomic E-state index is 0.0983. The molecule has 1 aliphatic heterocycles. The van der Waals surface area contributed by atoms with Crippen LogP contribution in [-0.4, -0.2) is 49.9 Å². The monoisotopic (exact) mass is 478 g/mol. The van der Waals surface area contributed by atoms with Crippen LogP contribution in [0.15, 0.2) is 53.3 Å². The van der Waals surface area contributed by atoms with E-state index in [1.54, 1.807) is 23.9 Å². The maximum Gasteiger partial charge on any atom is 0.252 e. The number of aromatic nitrogens is 5. The fourth-order valence-electron chi connectivity index (χ4n) is 4.39. The number of nitrogens with one attached hydrogen (secondary N) is 1. The summed E-state index contributed by atoms with van der Waals surface area (Å²) >= 11 is 0. The van der Waals surface area contributed by atoms with Gasteiger partial charge in [-0.25, -0.2) is 9.07 Å². The molecule has 1 N–H and O–H groups in total. The topological polar surface area (TPSA) is 98.2 Å². The summed E-state index contributed by atoms with van der Waals surface area (Å²) in [7, 11) is 1.61. The highest BCUT2D eigenvalue weighted by Crippen LogP contribution is 2.20. The zero-order valence-electron chi connectivity index (χ0n) is 19.5. The average molecular weight is 479 g/mol. The average Bonchev–Trinajstić information content (AvgIpc) is 3.53. The molecule has 9 nitrogen and oxygen atoms in total. The number of tetrazole rings is 1. The highest BCUT2D eigenvalue weighted by molar-refractivity contribution is 5.80. The molecule has 1 unspecified atom stereocenters. The van der Waals surface area contributed by atoms with Crippen LogP contribution in [0.4, 0.5) is 4.39 Å². The van der Waals surface area contributed by atoms with E-state index in [9.17, 15) is 9.18 Å². The molecular formula is C25H27FN6O3. The normalized spacial score (nSPS) is 15.8. The van der Waals surface area contributed by atoms with Gasteiger partial charge in [0.1, 0.15) is 11.6 Å². The molecule has 0 aliphatic carbocycles. The SMILES string of the molecule is COc1ccc2[nH]c(=O)c(CN(Cc3ccc(F)cc3)Cc3nnnn3CC3CCCO3)cc2c1. The van der Waals surface area contributed by atoms with Crippen molar-refractivity contribution in [1.82, 2.24) is 30.1 Å². The van der Waals surface area contributed by atoms with Crippen molar-refractivity contribution in [3.63, 3.8) is 0 Å². The molecule has 5 rings (SSSR count). The van der Waals surface area contributed by atoms with Crippen molar-refractivity contribution in [2.45, 2.75) is 45.1 Å². The van der Waals surface area contributed by atoms with Crippen molar-refractivity contribution in [1.29, 1.82) is 0 Å². The molecular weight excluding hydrogens is 451 g/mol. The van der Waals surface area contributed by atoms with E-state index in [0.29, 0.717) is 43.3 Å². The molecule has 0 saturated carbocycles. The van der Waals surface area contributed by atoms with Gasteiger partial charge in [-0.2, -0.15) is 0 Å². The van der Waals surface area contributed by atoms with Gasteiger partial charge >= 0.3 is 0 Å². The Morgan fingerprint density at radius 1 is 1.17 bits per heavy atom. The van der Waals surface area contributed by atoms with E-state index in [1.807, 2.05) is 24.3 Å². The lowest BCUT2D eigenvalue weighted by Crippen LogP contribution is -2.29. The summed E-state index contributed by atoms with van der Waals surface area (Å²) in [5.41, 5.74) is 2.10. The maximum absolute atomic E-state index is 13.5. The Balaban J connectivity index is 1.43. The lowest BCUT2D eigenvalue weighted by molar-refractivity contribution is 0.0914. The molecule has 0 radical (unpaired) electrons. The molecule has 2 aromatic carbocycles. The van der Waals surface area contributed by atoms with E-state index in [-0.39, 0.29) is 17.5 Å². The van der Waals surface area contributed by atoms with E-state index in [0.717, 1.165) is 35.9 Å². The molecule has 182 valence electrons. The van der Waals surface area contributed by atoms with Gasteiger partial charge in [0, 0.05) is 36.2 Å². The van der Waals surface area contributed by atoms with Gasteiger partial charge in [0.25, 0.3) is 5.56 Å². The fourth-order valence-corrected chi connectivity index (χ4v) is 4.39. The molecule has 0 amide bonds.